The number of aliphatic carboxylic acids is 1. The predicted molar refractivity (Wildman–Crippen MR) is 43.9 cm³/mol. The summed E-state index contributed by atoms with van der Waals surface area (Å²) >= 11 is 0. The summed E-state index contributed by atoms with van der Waals surface area (Å²) < 4.78 is 0. The molecule has 1 fully saturated rings. The molecule has 1 heterocycles. The van der Waals surface area contributed by atoms with E-state index in [1.165, 1.54) is 0 Å². The molecule has 0 amide bonds. The quantitative estimate of drug-likeness (QED) is 0.613. The summed E-state index contributed by atoms with van der Waals surface area (Å²) in [6.07, 6.45) is -0.00291. The average Bonchev–Trinajstić information content (AvgIpc) is 2.43. The van der Waals surface area contributed by atoms with Crippen molar-refractivity contribution in [3.05, 3.63) is 0 Å². The van der Waals surface area contributed by atoms with Crippen LogP contribution in [0.1, 0.15) is 12.8 Å². The van der Waals surface area contributed by atoms with Gasteiger partial charge in [-0.25, -0.2) is 0 Å². The molecule has 1 unspecified atom stereocenters. The molecule has 0 aromatic carbocycles. The van der Waals surface area contributed by atoms with Crippen LogP contribution in [0.15, 0.2) is 0 Å². The van der Waals surface area contributed by atoms with E-state index in [4.69, 9.17) is 10.4 Å². The zero-order chi connectivity index (χ0) is 9.84. The molecule has 1 aliphatic heterocycles. The Morgan fingerprint density at radius 2 is 2.38 bits per heavy atom. The lowest BCUT2D eigenvalue weighted by Crippen LogP contribution is -2.36. The second-order valence-corrected chi connectivity index (χ2v) is 3.15. The number of nitrogens with zero attached hydrogens (tertiary/aromatic N) is 2. The van der Waals surface area contributed by atoms with Gasteiger partial charge in [0.1, 0.15) is 6.04 Å². The first-order chi connectivity index (χ1) is 6.15. The van der Waals surface area contributed by atoms with Gasteiger partial charge in [-0.15, -0.1) is 0 Å². The lowest BCUT2D eigenvalue weighted by atomic mass is 10.2. The van der Waals surface area contributed by atoms with Gasteiger partial charge in [0, 0.05) is 25.9 Å². The smallest absolute Gasteiger partial charge is 0.321 e. The molecular weight excluding hydrogens is 172 g/mol. The first-order valence-corrected chi connectivity index (χ1v) is 4.17. The second-order valence-electron chi connectivity index (χ2n) is 3.15. The van der Waals surface area contributed by atoms with Gasteiger partial charge in [0.15, 0.2) is 0 Å². The van der Waals surface area contributed by atoms with E-state index in [-0.39, 0.29) is 6.42 Å². The first kappa shape index (κ1) is 9.96. The van der Waals surface area contributed by atoms with Gasteiger partial charge in [0.25, 0.3) is 0 Å². The zero-order valence-electron chi connectivity index (χ0n) is 7.18. The van der Waals surface area contributed by atoms with Crippen LogP contribution in [0.3, 0.4) is 0 Å². The number of aliphatic hydroxyl groups is 1. The molecule has 13 heavy (non-hydrogen) atoms. The number of aliphatic hydroxyl groups excluding tert-OH is 1. The molecule has 72 valence electrons. The third-order valence-electron chi connectivity index (χ3n) is 2.18. The van der Waals surface area contributed by atoms with Gasteiger partial charge in [0.05, 0.1) is 12.2 Å². The first-order valence-electron chi connectivity index (χ1n) is 4.17. The second kappa shape index (κ2) is 4.21. The zero-order valence-corrected chi connectivity index (χ0v) is 7.18. The van der Waals surface area contributed by atoms with Crippen molar-refractivity contribution in [3.8, 4) is 6.07 Å². The van der Waals surface area contributed by atoms with Gasteiger partial charge in [-0.05, 0) is 0 Å². The van der Waals surface area contributed by atoms with E-state index < -0.39 is 18.1 Å². The maximum Gasteiger partial charge on any atom is 0.321 e. The van der Waals surface area contributed by atoms with Crippen molar-refractivity contribution in [2.24, 2.45) is 0 Å². The van der Waals surface area contributed by atoms with Gasteiger partial charge >= 0.3 is 5.97 Å². The minimum atomic E-state index is -0.922. The van der Waals surface area contributed by atoms with Crippen molar-refractivity contribution in [2.75, 3.05) is 13.1 Å². The van der Waals surface area contributed by atoms with E-state index in [1.807, 2.05) is 6.07 Å². The third-order valence-corrected chi connectivity index (χ3v) is 2.18. The van der Waals surface area contributed by atoms with Crippen LogP contribution in [0.4, 0.5) is 0 Å². The van der Waals surface area contributed by atoms with E-state index in [2.05, 4.69) is 0 Å². The van der Waals surface area contributed by atoms with E-state index >= 15 is 0 Å². The fraction of sp³-hybridized carbons (Fsp3) is 0.750. The van der Waals surface area contributed by atoms with Crippen LogP contribution in [0.5, 0.6) is 0 Å². The number of rotatable bonds is 3. The van der Waals surface area contributed by atoms with Crippen LogP contribution in [0.25, 0.3) is 0 Å². The molecule has 5 nitrogen and oxygen atoms in total. The molecule has 0 aliphatic carbocycles. The molecule has 0 spiro atoms. The Kier molecular flexibility index (Phi) is 3.23. The number of β-amino-alcohol motifs (C(OH)–C–C–N with tert-alkyl or cyclic N) is 1. The van der Waals surface area contributed by atoms with E-state index in [0.29, 0.717) is 19.5 Å². The molecule has 0 saturated carbocycles. The van der Waals surface area contributed by atoms with Crippen LogP contribution in [-0.4, -0.2) is 46.3 Å². The molecule has 0 bridgehead atoms. The minimum absolute atomic E-state index is 0.265. The predicted octanol–water partition coefficient (Wildman–Crippen LogP) is -0.580. The van der Waals surface area contributed by atoms with Crippen molar-refractivity contribution in [3.63, 3.8) is 0 Å². The molecule has 0 aromatic heterocycles. The third kappa shape index (κ3) is 2.41. The summed E-state index contributed by atoms with van der Waals surface area (Å²) in [4.78, 5) is 12.3. The van der Waals surface area contributed by atoms with Gasteiger partial charge < -0.3 is 10.2 Å². The lowest BCUT2D eigenvalue weighted by Gasteiger charge is -2.18. The molecule has 0 aromatic rings. The van der Waals surface area contributed by atoms with Crippen molar-refractivity contribution in [1.29, 1.82) is 5.26 Å². The number of hydrogen-bond donors (Lipinski definition) is 2. The van der Waals surface area contributed by atoms with Crippen molar-refractivity contribution >= 4 is 5.97 Å². The van der Waals surface area contributed by atoms with Crippen LogP contribution >= 0.6 is 0 Å². The molecule has 2 atom stereocenters. The maximum atomic E-state index is 10.7. The monoisotopic (exact) mass is 184 g/mol. The van der Waals surface area contributed by atoms with Crippen LogP contribution in [0, 0.1) is 11.3 Å². The number of likely N-dealkylation sites (tertiary alicyclic amines) is 1. The Balaban J connectivity index is 2.51. The summed E-state index contributed by atoms with van der Waals surface area (Å²) in [6, 6.07) is 1.33. The topological polar surface area (TPSA) is 84.6 Å². The van der Waals surface area contributed by atoms with E-state index in [1.54, 1.807) is 4.90 Å². The SMILES string of the molecule is N#CCCN1CC(O)C[C@H]1C(=O)O. The minimum Gasteiger partial charge on any atom is -0.480 e. The Hall–Kier alpha value is -1.12. The normalized spacial score (nSPS) is 28.6. The highest BCUT2D eigenvalue weighted by atomic mass is 16.4. The summed E-state index contributed by atoms with van der Waals surface area (Å²) in [5.41, 5.74) is 0. The molecule has 5 heteroatoms. The Labute approximate surface area is 76.2 Å². The lowest BCUT2D eigenvalue weighted by molar-refractivity contribution is -0.142. The molecule has 2 N–H and O–H groups in total. The maximum absolute atomic E-state index is 10.7. The van der Waals surface area contributed by atoms with Crippen LogP contribution in [0.2, 0.25) is 0 Å². The van der Waals surface area contributed by atoms with Crippen LogP contribution in [-0.2, 0) is 4.79 Å². The highest BCUT2D eigenvalue weighted by Crippen LogP contribution is 2.17. The van der Waals surface area contributed by atoms with Gasteiger partial charge in [-0.2, -0.15) is 5.26 Å². The van der Waals surface area contributed by atoms with Gasteiger partial charge in [0.2, 0.25) is 0 Å². The summed E-state index contributed by atoms with van der Waals surface area (Å²) in [5, 5.41) is 26.3. The fourth-order valence-corrected chi connectivity index (χ4v) is 1.58. The Morgan fingerprint density at radius 1 is 1.69 bits per heavy atom. The number of carboxylic acid groups (broad SMARTS) is 1. The number of carboxylic acids is 1. The fourth-order valence-electron chi connectivity index (χ4n) is 1.58. The average molecular weight is 184 g/mol. The standard InChI is InChI=1S/C8H12N2O3/c9-2-1-3-10-5-6(11)4-7(10)8(12)13/h6-7,11H,1,3-5H2,(H,12,13)/t6?,7-/m0/s1. The summed E-state index contributed by atoms with van der Waals surface area (Å²) in [6.45, 7) is 0.781. The molecule has 1 aliphatic rings. The van der Waals surface area contributed by atoms with E-state index in [0.717, 1.165) is 0 Å². The van der Waals surface area contributed by atoms with Crippen molar-refractivity contribution in [2.45, 2.75) is 25.0 Å². The Bertz CT molecular complexity index is 236. The van der Waals surface area contributed by atoms with Crippen molar-refractivity contribution < 1.29 is 15.0 Å². The number of carbonyl (C=O) groups is 1. The molecular formula is C8H12N2O3. The number of nitriles is 1. The highest BCUT2D eigenvalue weighted by Gasteiger charge is 2.35. The van der Waals surface area contributed by atoms with Crippen molar-refractivity contribution in [1.82, 2.24) is 4.90 Å². The highest BCUT2D eigenvalue weighted by molar-refractivity contribution is 5.74. The Morgan fingerprint density at radius 3 is 2.92 bits per heavy atom. The van der Waals surface area contributed by atoms with Crippen LogP contribution < -0.4 is 0 Å². The van der Waals surface area contributed by atoms with Gasteiger partial charge in [-0.3, -0.25) is 9.69 Å². The summed E-state index contributed by atoms with van der Waals surface area (Å²) in [5.74, 6) is -0.922. The molecule has 0 radical (unpaired) electrons. The summed E-state index contributed by atoms with van der Waals surface area (Å²) in [7, 11) is 0. The van der Waals surface area contributed by atoms with E-state index in [9.17, 15) is 9.90 Å². The van der Waals surface area contributed by atoms with Gasteiger partial charge in [-0.1, -0.05) is 0 Å². The number of hydrogen-bond acceptors (Lipinski definition) is 4. The molecule has 1 saturated heterocycles. The molecule has 1 rings (SSSR count). The largest absolute Gasteiger partial charge is 0.480 e.